The van der Waals surface area contributed by atoms with E-state index in [1.807, 2.05) is 0 Å². The number of methoxy groups -OCH3 is 1. The topological polar surface area (TPSA) is 88.5 Å². The average molecular weight is 272 g/mol. The number of hydrogen-bond donors (Lipinski definition) is 2. The molecule has 1 heterocycles. The molecule has 2 aromatic rings. The molecule has 0 radical (unpaired) electrons. The van der Waals surface area contributed by atoms with E-state index in [2.05, 4.69) is 15.0 Å². The van der Waals surface area contributed by atoms with Gasteiger partial charge in [0, 0.05) is 5.69 Å². The highest BCUT2D eigenvalue weighted by molar-refractivity contribution is 5.89. The van der Waals surface area contributed by atoms with Crippen molar-refractivity contribution >= 4 is 23.4 Å². The van der Waals surface area contributed by atoms with Crippen LogP contribution in [0.3, 0.4) is 0 Å². The van der Waals surface area contributed by atoms with Crippen LogP contribution in [0.25, 0.3) is 0 Å². The van der Waals surface area contributed by atoms with Crippen LogP contribution in [0.5, 0.6) is 0 Å². The number of carbonyl (C=O) groups is 2. The minimum Gasteiger partial charge on any atom is -0.477 e. The number of ether oxygens (including phenoxy) is 1. The number of aromatic nitrogens is 1. The van der Waals surface area contributed by atoms with Crippen molar-refractivity contribution in [1.29, 1.82) is 0 Å². The van der Waals surface area contributed by atoms with Crippen LogP contribution in [-0.4, -0.2) is 29.1 Å². The standard InChI is InChI=1S/C14H12N2O4/c1-20-14(19)9-5-7-10(8-6-9)15-12-4-2-3-11(16-12)13(17)18/h2-8H,1H3,(H,15,16)(H,17,18). The largest absolute Gasteiger partial charge is 0.477 e. The SMILES string of the molecule is COC(=O)c1ccc(Nc2cccc(C(=O)O)n2)cc1. The number of carbonyl (C=O) groups excluding carboxylic acids is 1. The van der Waals surface area contributed by atoms with Crippen molar-refractivity contribution in [1.82, 2.24) is 4.98 Å². The van der Waals surface area contributed by atoms with Crippen molar-refractivity contribution in [2.75, 3.05) is 12.4 Å². The van der Waals surface area contributed by atoms with Crippen LogP contribution >= 0.6 is 0 Å². The summed E-state index contributed by atoms with van der Waals surface area (Å²) < 4.78 is 4.60. The summed E-state index contributed by atoms with van der Waals surface area (Å²) in [7, 11) is 1.32. The lowest BCUT2D eigenvalue weighted by Gasteiger charge is -2.06. The lowest BCUT2D eigenvalue weighted by Crippen LogP contribution is -2.03. The van der Waals surface area contributed by atoms with Gasteiger partial charge >= 0.3 is 11.9 Å². The summed E-state index contributed by atoms with van der Waals surface area (Å²) in [5, 5.41) is 11.8. The first kappa shape index (κ1) is 13.5. The van der Waals surface area contributed by atoms with Gasteiger partial charge in [-0.25, -0.2) is 14.6 Å². The highest BCUT2D eigenvalue weighted by atomic mass is 16.5. The van der Waals surface area contributed by atoms with Crippen LogP contribution in [0.2, 0.25) is 0 Å². The van der Waals surface area contributed by atoms with E-state index in [0.29, 0.717) is 17.1 Å². The molecule has 0 fully saturated rings. The minimum atomic E-state index is -1.09. The molecule has 0 aliphatic carbocycles. The van der Waals surface area contributed by atoms with E-state index in [1.54, 1.807) is 36.4 Å². The summed E-state index contributed by atoms with van der Waals surface area (Å²) in [5.41, 5.74) is 1.08. The molecule has 0 amide bonds. The van der Waals surface area contributed by atoms with E-state index < -0.39 is 11.9 Å². The van der Waals surface area contributed by atoms with Gasteiger partial charge in [-0.3, -0.25) is 0 Å². The molecule has 20 heavy (non-hydrogen) atoms. The molecular weight excluding hydrogens is 260 g/mol. The zero-order chi connectivity index (χ0) is 14.5. The monoisotopic (exact) mass is 272 g/mol. The fourth-order valence-electron chi connectivity index (χ4n) is 1.58. The molecule has 0 bridgehead atoms. The maximum absolute atomic E-state index is 11.3. The van der Waals surface area contributed by atoms with E-state index in [1.165, 1.54) is 13.2 Å². The van der Waals surface area contributed by atoms with Crippen LogP contribution in [0.15, 0.2) is 42.5 Å². The number of nitrogens with one attached hydrogen (secondary N) is 1. The first-order valence-corrected chi connectivity index (χ1v) is 5.76. The van der Waals surface area contributed by atoms with E-state index in [0.717, 1.165) is 0 Å². The molecule has 6 heteroatoms. The second-order valence-electron chi connectivity index (χ2n) is 3.91. The third kappa shape index (κ3) is 3.11. The summed E-state index contributed by atoms with van der Waals surface area (Å²) >= 11 is 0. The van der Waals surface area contributed by atoms with Crippen LogP contribution in [-0.2, 0) is 4.74 Å². The Morgan fingerprint density at radius 3 is 2.45 bits per heavy atom. The Bertz CT molecular complexity index is 638. The molecule has 2 rings (SSSR count). The third-order valence-corrected chi connectivity index (χ3v) is 2.55. The highest BCUT2D eigenvalue weighted by Gasteiger charge is 2.06. The van der Waals surface area contributed by atoms with Gasteiger partial charge in [0.15, 0.2) is 5.69 Å². The van der Waals surface area contributed by atoms with Gasteiger partial charge in [0.25, 0.3) is 0 Å². The number of pyridine rings is 1. The zero-order valence-corrected chi connectivity index (χ0v) is 10.7. The van der Waals surface area contributed by atoms with E-state index >= 15 is 0 Å². The molecule has 1 aromatic heterocycles. The molecule has 102 valence electrons. The molecule has 2 N–H and O–H groups in total. The molecule has 0 aliphatic heterocycles. The van der Waals surface area contributed by atoms with Crippen LogP contribution < -0.4 is 5.32 Å². The average Bonchev–Trinajstić information content (AvgIpc) is 2.47. The lowest BCUT2D eigenvalue weighted by atomic mass is 10.2. The van der Waals surface area contributed by atoms with Gasteiger partial charge in [-0.1, -0.05) is 6.07 Å². The smallest absolute Gasteiger partial charge is 0.354 e. The van der Waals surface area contributed by atoms with Crippen molar-refractivity contribution in [3.63, 3.8) is 0 Å². The Kier molecular flexibility index (Phi) is 3.95. The van der Waals surface area contributed by atoms with Crippen LogP contribution in [0, 0.1) is 0 Å². The van der Waals surface area contributed by atoms with Gasteiger partial charge in [0.2, 0.25) is 0 Å². The van der Waals surface area contributed by atoms with Crippen LogP contribution in [0.1, 0.15) is 20.8 Å². The number of hydrogen-bond acceptors (Lipinski definition) is 5. The number of rotatable bonds is 4. The second-order valence-corrected chi connectivity index (χ2v) is 3.91. The predicted octanol–water partition coefficient (Wildman–Crippen LogP) is 2.31. The van der Waals surface area contributed by atoms with Crippen molar-refractivity contribution < 1.29 is 19.4 Å². The molecular formula is C14H12N2O4. The lowest BCUT2D eigenvalue weighted by molar-refractivity contribution is 0.0599. The van der Waals surface area contributed by atoms with Gasteiger partial charge in [-0.2, -0.15) is 0 Å². The number of nitrogens with zero attached hydrogens (tertiary/aromatic N) is 1. The third-order valence-electron chi connectivity index (χ3n) is 2.55. The Labute approximate surface area is 115 Å². The molecule has 0 spiro atoms. The molecule has 0 aliphatic rings. The number of anilines is 2. The van der Waals surface area contributed by atoms with Gasteiger partial charge in [-0.15, -0.1) is 0 Å². The maximum atomic E-state index is 11.3. The van der Waals surface area contributed by atoms with Crippen molar-refractivity contribution in [3.8, 4) is 0 Å². The Balaban J connectivity index is 2.16. The molecule has 0 atom stereocenters. The molecule has 1 aromatic carbocycles. The predicted molar refractivity (Wildman–Crippen MR) is 72.3 cm³/mol. The van der Waals surface area contributed by atoms with E-state index in [-0.39, 0.29) is 5.69 Å². The summed E-state index contributed by atoms with van der Waals surface area (Å²) in [4.78, 5) is 26.0. The minimum absolute atomic E-state index is 0.0406. The van der Waals surface area contributed by atoms with Crippen molar-refractivity contribution in [3.05, 3.63) is 53.7 Å². The van der Waals surface area contributed by atoms with E-state index in [9.17, 15) is 9.59 Å². The molecule has 0 saturated carbocycles. The van der Waals surface area contributed by atoms with Crippen LogP contribution in [0.4, 0.5) is 11.5 Å². The zero-order valence-electron chi connectivity index (χ0n) is 10.7. The highest BCUT2D eigenvalue weighted by Crippen LogP contribution is 2.16. The number of carboxylic acids is 1. The summed E-state index contributed by atoms with van der Waals surface area (Å²) in [6, 6.07) is 11.2. The fourth-order valence-corrected chi connectivity index (χ4v) is 1.58. The van der Waals surface area contributed by atoms with E-state index in [4.69, 9.17) is 5.11 Å². The maximum Gasteiger partial charge on any atom is 0.354 e. The number of aromatic carboxylic acids is 1. The Morgan fingerprint density at radius 1 is 1.15 bits per heavy atom. The Morgan fingerprint density at radius 2 is 1.85 bits per heavy atom. The summed E-state index contributed by atoms with van der Waals surface area (Å²) in [6.45, 7) is 0. The van der Waals surface area contributed by atoms with Crippen molar-refractivity contribution in [2.45, 2.75) is 0 Å². The second kappa shape index (κ2) is 5.83. The summed E-state index contributed by atoms with van der Waals surface area (Å²) in [6.07, 6.45) is 0. The molecule has 0 unspecified atom stereocenters. The first-order chi connectivity index (χ1) is 9.60. The quantitative estimate of drug-likeness (QED) is 0.830. The number of benzene rings is 1. The summed E-state index contributed by atoms with van der Waals surface area (Å²) in [5.74, 6) is -1.09. The van der Waals surface area contributed by atoms with Gasteiger partial charge < -0.3 is 15.2 Å². The first-order valence-electron chi connectivity index (χ1n) is 5.76. The fraction of sp³-hybridized carbons (Fsp3) is 0.0714. The number of esters is 1. The number of carboxylic acid groups (broad SMARTS) is 1. The molecule has 6 nitrogen and oxygen atoms in total. The molecule has 0 saturated heterocycles. The van der Waals surface area contributed by atoms with Gasteiger partial charge in [0.05, 0.1) is 12.7 Å². The van der Waals surface area contributed by atoms with Crippen molar-refractivity contribution in [2.24, 2.45) is 0 Å². The van der Waals surface area contributed by atoms with Gasteiger partial charge in [-0.05, 0) is 36.4 Å². The Hall–Kier alpha value is -2.89. The van der Waals surface area contributed by atoms with Gasteiger partial charge in [0.1, 0.15) is 5.82 Å². The normalized spacial score (nSPS) is 9.85.